The van der Waals surface area contributed by atoms with E-state index in [2.05, 4.69) is 0 Å². The minimum Gasteiger partial charge on any atom is -0.481 e. The molecule has 0 aromatic heterocycles. The SMILES string of the molecule is CN(CC1(C(=O)O)CCOC1)c1ccc(F)cc1. The van der Waals surface area contributed by atoms with Gasteiger partial charge in [-0.15, -0.1) is 0 Å². The second-order valence-electron chi connectivity index (χ2n) is 4.72. The summed E-state index contributed by atoms with van der Waals surface area (Å²) < 4.78 is 18.0. The van der Waals surface area contributed by atoms with Crippen LogP contribution in [-0.2, 0) is 9.53 Å². The topological polar surface area (TPSA) is 49.8 Å². The smallest absolute Gasteiger partial charge is 0.313 e. The first-order valence-corrected chi connectivity index (χ1v) is 5.81. The molecule has 4 nitrogen and oxygen atoms in total. The van der Waals surface area contributed by atoms with E-state index in [-0.39, 0.29) is 12.4 Å². The van der Waals surface area contributed by atoms with Crippen molar-refractivity contribution in [2.75, 3.05) is 31.7 Å². The highest BCUT2D eigenvalue weighted by molar-refractivity contribution is 5.76. The van der Waals surface area contributed by atoms with Gasteiger partial charge in [-0.1, -0.05) is 0 Å². The number of anilines is 1. The number of ether oxygens (including phenoxy) is 1. The monoisotopic (exact) mass is 253 g/mol. The second-order valence-corrected chi connectivity index (χ2v) is 4.72. The summed E-state index contributed by atoms with van der Waals surface area (Å²) in [5, 5.41) is 9.34. The Morgan fingerprint density at radius 3 is 2.67 bits per heavy atom. The molecule has 1 aromatic rings. The number of hydrogen-bond acceptors (Lipinski definition) is 3. The quantitative estimate of drug-likeness (QED) is 0.888. The van der Waals surface area contributed by atoms with Crippen LogP contribution in [0.3, 0.4) is 0 Å². The van der Waals surface area contributed by atoms with E-state index in [1.807, 2.05) is 4.90 Å². The molecule has 0 amide bonds. The van der Waals surface area contributed by atoms with E-state index < -0.39 is 11.4 Å². The Labute approximate surface area is 105 Å². The zero-order valence-electron chi connectivity index (χ0n) is 10.2. The van der Waals surface area contributed by atoms with Crippen LogP contribution in [0.2, 0.25) is 0 Å². The molecular weight excluding hydrogens is 237 g/mol. The van der Waals surface area contributed by atoms with Gasteiger partial charge in [0.1, 0.15) is 11.2 Å². The van der Waals surface area contributed by atoms with Gasteiger partial charge in [0.2, 0.25) is 0 Å². The Morgan fingerprint density at radius 2 is 2.17 bits per heavy atom. The van der Waals surface area contributed by atoms with Gasteiger partial charge in [-0.25, -0.2) is 4.39 Å². The Kier molecular flexibility index (Phi) is 3.52. The molecule has 0 saturated carbocycles. The van der Waals surface area contributed by atoms with E-state index in [0.29, 0.717) is 19.6 Å². The third kappa shape index (κ3) is 2.46. The van der Waals surface area contributed by atoms with Crippen LogP contribution in [0.4, 0.5) is 10.1 Å². The van der Waals surface area contributed by atoms with E-state index in [0.717, 1.165) is 5.69 Å². The second kappa shape index (κ2) is 4.94. The van der Waals surface area contributed by atoms with Crippen molar-refractivity contribution in [1.82, 2.24) is 0 Å². The van der Waals surface area contributed by atoms with E-state index in [1.54, 1.807) is 19.2 Å². The zero-order valence-corrected chi connectivity index (χ0v) is 10.2. The number of carboxylic acids is 1. The van der Waals surface area contributed by atoms with Crippen LogP contribution < -0.4 is 4.90 Å². The molecule has 2 rings (SSSR count). The number of nitrogens with zero attached hydrogens (tertiary/aromatic N) is 1. The van der Waals surface area contributed by atoms with E-state index in [4.69, 9.17) is 4.74 Å². The number of aliphatic carboxylic acids is 1. The molecule has 1 saturated heterocycles. The van der Waals surface area contributed by atoms with Crippen molar-refractivity contribution in [1.29, 1.82) is 0 Å². The Morgan fingerprint density at radius 1 is 1.50 bits per heavy atom. The molecule has 98 valence electrons. The minimum absolute atomic E-state index is 0.230. The fourth-order valence-corrected chi connectivity index (χ4v) is 2.21. The Hall–Kier alpha value is -1.62. The number of rotatable bonds is 4. The molecule has 1 aliphatic rings. The average molecular weight is 253 g/mol. The first kappa shape index (κ1) is 12.8. The van der Waals surface area contributed by atoms with E-state index >= 15 is 0 Å². The normalized spacial score (nSPS) is 23.0. The molecule has 18 heavy (non-hydrogen) atoms. The van der Waals surface area contributed by atoms with Crippen molar-refractivity contribution in [3.8, 4) is 0 Å². The summed E-state index contributed by atoms with van der Waals surface area (Å²) in [6, 6.07) is 6.01. The largest absolute Gasteiger partial charge is 0.481 e. The van der Waals surface area contributed by atoms with Crippen LogP contribution >= 0.6 is 0 Å². The standard InChI is InChI=1S/C13H16FNO3/c1-15(11-4-2-10(14)3-5-11)8-13(12(16)17)6-7-18-9-13/h2-5H,6-9H2,1H3,(H,16,17). The summed E-state index contributed by atoms with van der Waals surface area (Å²) in [4.78, 5) is 13.2. The molecule has 1 atom stereocenters. The van der Waals surface area contributed by atoms with Gasteiger partial charge in [-0.2, -0.15) is 0 Å². The number of halogens is 1. The summed E-state index contributed by atoms with van der Waals surface area (Å²) >= 11 is 0. The van der Waals surface area contributed by atoms with Crippen molar-refractivity contribution in [2.24, 2.45) is 5.41 Å². The highest BCUT2D eigenvalue weighted by Gasteiger charge is 2.43. The number of hydrogen-bond donors (Lipinski definition) is 1. The Bertz CT molecular complexity index is 426. The van der Waals surface area contributed by atoms with Crippen LogP contribution in [-0.4, -0.2) is 37.9 Å². The highest BCUT2D eigenvalue weighted by Crippen LogP contribution is 2.31. The maximum Gasteiger partial charge on any atom is 0.313 e. The van der Waals surface area contributed by atoms with Crippen molar-refractivity contribution in [3.05, 3.63) is 30.1 Å². The predicted molar refractivity (Wildman–Crippen MR) is 65.2 cm³/mol. The first-order chi connectivity index (χ1) is 8.53. The summed E-state index contributed by atoms with van der Waals surface area (Å²) in [5.74, 6) is -1.14. The van der Waals surface area contributed by atoms with Gasteiger partial charge in [-0.3, -0.25) is 4.79 Å². The van der Waals surface area contributed by atoms with Gasteiger partial charge in [0, 0.05) is 25.9 Å². The molecule has 0 spiro atoms. The number of carbonyl (C=O) groups is 1. The molecule has 1 unspecified atom stereocenters. The van der Waals surface area contributed by atoms with Crippen LogP contribution in [0.25, 0.3) is 0 Å². The van der Waals surface area contributed by atoms with Gasteiger partial charge >= 0.3 is 5.97 Å². The molecule has 0 aliphatic carbocycles. The predicted octanol–water partition coefficient (Wildman–Crippen LogP) is 1.75. The zero-order chi connectivity index (χ0) is 13.2. The van der Waals surface area contributed by atoms with Crippen LogP contribution in [0.5, 0.6) is 0 Å². The highest BCUT2D eigenvalue weighted by atomic mass is 19.1. The summed E-state index contributed by atoms with van der Waals surface area (Å²) in [6.45, 7) is 1.06. The summed E-state index contributed by atoms with van der Waals surface area (Å²) in [6.07, 6.45) is 0.508. The van der Waals surface area contributed by atoms with Crippen molar-refractivity contribution >= 4 is 11.7 Å². The Balaban J connectivity index is 2.12. The van der Waals surface area contributed by atoms with Crippen molar-refractivity contribution in [3.63, 3.8) is 0 Å². The molecule has 1 N–H and O–H groups in total. The molecule has 1 aromatic carbocycles. The lowest BCUT2D eigenvalue weighted by Crippen LogP contribution is -2.42. The third-order valence-corrected chi connectivity index (χ3v) is 3.36. The maximum atomic E-state index is 12.8. The lowest BCUT2D eigenvalue weighted by Gasteiger charge is -2.29. The summed E-state index contributed by atoms with van der Waals surface area (Å²) in [5.41, 5.74) is -0.0627. The third-order valence-electron chi connectivity index (χ3n) is 3.36. The van der Waals surface area contributed by atoms with E-state index in [1.165, 1.54) is 12.1 Å². The number of benzene rings is 1. The average Bonchev–Trinajstić information content (AvgIpc) is 2.79. The van der Waals surface area contributed by atoms with Gasteiger partial charge < -0.3 is 14.7 Å². The lowest BCUT2D eigenvalue weighted by molar-refractivity contribution is -0.148. The van der Waals surface area contributed by atoms with Crippen LogP contribution in [0.15, 0.2) is 24.3 Å². The summed E-state index contributed by atoms with van der Waals surface area (Å²) in [7, 11) is 1.80. The first-order valence-electron chi connectivity index (χ1n) is 5.81. The van der Waals surface area contributed by atoms with Gasteiger partial charge in [0.05, 0.1) is 6.61 Å². The van der Waals surface area contributed by atoms with E-state index in [9.17, 15) is 14.3 Å². The van der Waals surface area contributed by atoms with Gasteiger partial charge in [0.25, 0.3) is 0 Å². The van der Waals surface area contributed by atoms with Crippen LogP contribution in [0, 0.1) is 11.2 Å². The van der Waals surface area contributed by atoms with Crippen molar-refractivity contribution < 1.29 is 19.0 Å². The molecule has 1 fully saturated rings. The molecule has 1 heterocycles. The maximum absolute atomic E-state index is 12.8. The number of carboxylic acid groups (broad SMARTS) is 1. The van der Waals surface area contributed by atoms with Gasteiger partial charge in [-0.05, 0) is 30.7 Å². The molecule has 0 radical (unpaired) electrons. The van der Waals surface area contributed by atoms with Crippen molar-refractivity contribution in [2.45, 2.75) is 6.42 Å². The fourth-order valence-electron chi connectivity index (χ4n) is 2.21. The fraction of sp³-hybridized carbons (Fsp3) is 0.462. The lowest BCUT2D eigenvalue weighted by atomic mass is 9.87. The molecule has 5 heteroatoms. The molecule has 0 bridgehead atoms. The van der Waals surface area contributed by atoms with Gasteiger partial charge in [0.15, 0.2) is 0 Å². The minimum atomic E-state index is -0.858. The van der Waals surface area contributed by atoms with Crippen LogP contribution in [0.1, 0.15) is 6.42 Å². The molecule has 1 aliphatic heterocycles. The molecular formula is C13H16FNO3.